The maximum absolute atomic E-state index is 13.0. The molecule has 0 amide bonds. The molecule has 0 saturated carbocycles. The predicted octanol–water partition coefficient (Wildman–Crippen LogP) is 5.32. The molecule has 0 aliphatic carbocycles. The molecule has 2 atom stereocenters. The van der Waals surface area contributed by atoms with Crippen molar-refractivity contribution in [3.05, 3.63) is 47.0 Å². The predicted molar refractivity (Wildman–Crippen MR) is 139 cm³/mol. The van der Waals surface area contributed by atoms with E-state index in [2.05, 4.69) is 49.4 Å². The molecular formula is C26H29F3N6S. The Morgan fingerprint density at radius 1 is 1.11 bits per heavy atom. The summed E-state index contributed by atoms with van der Waals surface area (Å²) < 4.78 is 39.1. The summed E-state index contributed by atoms with van der Waals surface area (Å²) in [6.45, 7) is 4.93. The molecular weight excluding hydrogens is 485 g/mol. The van der Waals surface area contributed by atoms with Crippen LogP contribution in [0.25, 0.3) is 21.1 Å². The zero-order valence-electron chi connectivity index (χ0n) is 20.1. The molecule has 0 radical (unpaired) electrons. The molecule has 2 fully saturated rings. The lowest BCUT2D eigenvalue weighted by Gasteiger charge is -2.35. The summed E-state index contributed by atoms with van der Waals surface area (Å²) in [6.07, 6.45) is -1.10. The van der Waals surface area contributed by atoms with Gasteiger partial charge in [0.1, 0.15) is 10.6 Å². The number of likely N-dealkylation sites (tertiary alicyclic amines) is 1. The van der Waals surface area contributed by atoms with Crippen molar-refractivity contribution in [2.45, 2.75) is 25.4 Å². The Morgan fingerprint density at radius 2 is 1.97 bits per heavy atom. The van der Waals surface area contributed by atoms with Gasteiger partial charge in [-0.3, -0.25) is 0 Å². The Balaban J connectivity index is 1.15. The summed E-state index contributed by atoms with van der Waals surface area (Å²) in [5, 5.41) is 4.96. The topological polar surface area (TPSA) is 60.1 Å². The number of piperidine rings is 1. The molecule has 0 spiro atoms. The molecule has 2 unspecified atom stereocenters. The smallest absolute Gasteiger partial charge is 0.361 e. The first-order chi connectivity index (χ1) is 17.3. The van der Waals surface area contributed by atoms with E-state index in [0.29, 0.717) is 22.6 Å². The summed E-state index contributed by atoms with van der Waals surface area (Å²) >= 11 is 1.11. The van der Waals surface area contributed by atoms with Crippen LogP contribution in [-0.4, -0.2) is 65.8 Å². The number of aromatic nitrogens is 3. The van der Waals surface area contributed by atoms with Crippen LogP contribution in [0, 0.1) is 11.8 Å². The SMILES string of the molecule is CNc1nc(N2CCC3CN(CCc4ccc5[nH]ccc5c4)CC3C2)c2cc(CC(F)(F)F)sc2n1. The van der Waals surface area contributed by atoms with E-state index in [0.717, 1.165) is 68.1 Å². The van der Waals surface area contributed by atoms with Crippen LogP contribution >= 0.6 is 11.3 Å². The average molecular weight is 515 g/mol. The van der Waals surface area contributed by atoms with E-state index in [1.165, 1.54) is 16.5 Å². The van der Waals surface area contributed by atoms with Crippen LogP contribution in [-0.2, 0) is 12.8 Å². The largest absolute Gasteiger partial charge is 0.393 e. The minimum Gasteiger partial charge on any atom is -0.361 e. The zero-order chi connectivity index (χ0) is 24.9. The number of nitrogens with one attached hydrogen (secondary N) is 2. The van der Waals surface area contributed by atoms with Gasteiger partial charge >= 0.3 is 6.18 Å². The second-order valence-corrected chi connectivity index (χ2v) is 11.1. The van der Waals surface area contributed by atoms with Crippen LogP contribution in [0.1, 0.15) is 16.9 Å². The van der Waals surface area contributed by atoms with E-state index in [4.69, 9.17) is 4.98 Å². The highest BCUT2D eigenvalue weighted by Crippen LogP contribution is 2.38. The van der Waals surface area contributed by atoms with Crippen LogP contribution in [0.5, 0.6) is 0 Å². The van der Waals surface area contributed by atoms with Gasteiger partial charge in [-0.05, 0) is 59.9 Å². The fraction of sp³-hybridized carbons (Fsp3) is 0.462. The van der Waals surface area contributed by atoms with Crippen molar-refractivity contribution in [2.75, 3.05) is 50.0 Å². The molecule has 6 rings (SSSR count). The van der Waals surface area contributed by atoms with Crippen molar-refractivity contribution in [3.8, 4) is 0 Å². The maximum atomic E-state index is 13.0. The van der Waals surface area contributed by atoms with Gasteiger partial charge in [0.05, 0.1) is 11.8 Å². The van der Waals surface area contributed by atoms with Crippen LogP contribution in [0.4, 0.5) is 24.9 Å². The molecule has 2 aliphatic heterocycles. The highest BCUT2D eigenvalue weighted by molar-refractivity contribution is 7.18. The normalized spacial score (nSPS) is 20.9. The molecule has 5 heterocycles. The van der Waals surface area contributed by atoms with Gasteiger partial charge < -0.3 is 20.1 Å². The molecule has 6 nitrogen and oxygen atoms in total. The standard InChI is InChI=1S/C26H29F3N6S/c1-30-25-32-23(21-11-20(12-26(27,28)29)36-24(21)33-25)35-9-6-18-13-34(14-19(18)15-35)8-5-16-2-3-22-17(10-16)4-7-31-22/h2-4,7,10-11,18-19,31H,5-6,8-9,12-15H2,1H3,(H,30,32,33). The minimum absolute atomic E-state index is 0.279. The molecule has 3 aromatic heterocycles. The number of anilines is 2. The van der Waals surface area contributed by atoms with Crippen molar-refractivity contribution in [1.29, 1.82) is 0 Å². The average Bonchev–Trinajstić information content (AvgIpc) is 3.57. The number of aromatic amines is 1. The second kappa shape index (κ2) is 9.23. The second-order valence-electron chi connectivity index (χ2n) is 10.0. The lowest BCUT2D eigenvalue weighted by atomic mass is 9.88. The van der Waals surface area contributed by atoms with Crippen molar-refractivity contribution in [1.82, 2.24) is 19.9 Å². The lowest BCUT2D eigenvalue weighted by Crippen LogP contribution is -2.40. The van der Waals surface area contributed by atoms with Crippen molar-refractivity contribution in [3.63, 3.8) is 0 Å². The number of nitrogens with zero attached hydrogens (tertiary/aromatic N) is 4. The van der Waals surface area contributed by atoms with E-state index in [9.17, 15) is 13.2 Å². The maximum Gasteiger partial charge on any atom is 0.393 e. The molecule has 4 aromatic rings. The van der Waals surface area contributed by atoms with Gasteiger partial charge in [-0.2, -0.15) is 18.2 Å². The molecule has 190 valence electrons. The van der Waals surface area contributed by atoms with E-state index >= 15 is 0 Å². The fourth-order valence-electron chi connectivity index (χ4n) is 5.78. The summed E-state index contributed by atoms with van der Waals surface area (Å²) in [5.74, 6) is 2.39. The van der Waals surface area contributed by atoms with Crippen molar-refractivity contribution < 1.29 is 13.2 Å². The van der Waals surface area contributed by atoms with Crippen LogP contribution in [0.15, 0.2) is 36.5 Å². The van der Waals surface area contributed by atoms with Crippen molar-refractivity contribution in [2.24, 2.45) is 11.8 Å². The number of hydrogen-bond donors (Lipinski definition) is 2. The molecule has 10 heteroatoms. The number of H-pyrrole nitrogens is 1. The molecule has 2 aliphatic rings. The van der Waals surface area contributed by atoms with E-state index in [1.807, 2.05) is 6.20 Å². The molecule has 2 saturated heterocycles. The van der Waals surface area contributed by atoms with E-state index < -0.39 is 12.6 Å². The van der Waals surface area contributed by atoms with Gasteiger partial charge in [0.2, 0.25) is 5.95 Å². The summed E-state index contributed by atoms with van der Waals surface area (Å²) in [4.78, 5) is 18.1. The number of halogens is 3. The highest BCUT2D eigenvalue weighted by atomic mass is 32.1. The van der Waals surface area contributed by atoms with Gasteiger partial charge in [0.25, 0.3) is 0 Å². The number of benzene rings is 1. The first kappa shape index (κ1) is 23.5. The van der Waals surface area contributed by atoms with Gasteiger partial charge in [-0.1, -0.05) is 6.07 Å². The van der Waals surface area contributed by atoms with Crippen molar-refractivity contribution >= 4 is 44.2 Å². The van der Waals surface area contributed by atoms with E-state index in [1.54, 1.807) is 13.1 Å². The monoisotopic (exact) mass is 514 g/mol. The molecule has 0 bridgehead atoms. The third-order valence-electron chi connectivity index (χ3n) is 7.53. The lowest BCUT2D eigenvalue weighted by molar-refractivity contribution is -0.126. The Labute approximate surface area is 211 Å². The number of hydrogen-bond acceptors (Lipinski definition) is 6. The van der Waals surface area contributed by atoms with Gasteiger partial charge in [0, 0.05) is 56.4 Å². The Morgan fingerprint density at radius 3 is 2.81 bits per heavy atom. The summed E-state index contributed by atoms with van der Waals surface area (Å²) in [7, 11) is 1.74. The molecule has 1 aromatic carbocycles. The third kappa shape index (κ3) is 4.76. The van der Waals surface area contributed by atoms with Gasteiger partial charge in [-0.15, -0.1) is 11.3 Å². The van der Waals surface area contributed by atoms with Crippen LogP contribution in [0.2, 0.25) is 0 Å². The Hall–Kier alpha value is -2.85. The Bertz CT molecular complexity index is 1380. The van der Waals surface area contributed by atoms with Crippen LogP contribution in [0.3, 0.4) is 0 Å². The zero-order valence-corrected chi connectivity index (χ0v) is 20.9. The summed E-state index contributed by atoms with van der Waals surface area (Å²) in [5.41, 5.74) is 2.52. The Kier molecular flexibility index (Phi) is 6.03. The first-order valence-electron chi connectivity index (χ1n) is 12.4. The number of alkyl halides is 3. The summed E-state index contributed by atoms with van der Waals surface area (Å²) in [6, 6.07) is 10.4. The number of thiophene rings is 1. The van der Waals surface area contributed by atoms with Crippen LogP contribution < -0.4 is 10.2 Å². The van der Waals surface area contributed by atoms with E-state index in [-0.39, 0.29) is 4.88 Å². The molecule has 36 heavy (non-hydrogen) atoms. The fourth-order valence-corrected chi connectivity index (χ4v) is 6.83. The van der Waals surface area contributed by atoms with Gasteiger partial charge in [0.15, 0.2) is 0 Å². The third-order valence-corrected chi connectivity index (χ3v) is 8.56. The quantitative estimate of drug-likeness (QED) is 0.365. The highest BCUT2D eigenvalue weighted by Gasteiger charge is 2.38. The number of fused-ring (bicyclic) bond motifs is 3. The number of rotatable bonds is 6. The molecule has 2 N–H and O–H groups in total. The van der Waals surface area contributed by atoms with Gasteiger partial charge in [-0.25, -0.2) is 4.98 Å². The first-order valence-corrected chi connectivity index (χ1v) is 13.2. The minimum atomic E-state index is -4.24.